The molecule has 0 unspecified atom stereocenters. The number of hydrogen-bond donors (Lipinski definition) is 0. The lowest BCUT2D eigenvalue weighted by molar-refractivity contribution is 0.0747. The summed E-state index contributed by atoms with van der Waals surface area (Å²) in [6.07, 6.45) is 0.957. The van der Waals surface area contributed by atoms with E-state index in [9.17, 15) is 9.18 Å². The summed E-state index contributed by atoms with van der Waals surface area (Å²) in [6.45, 7) is 4.68. The lowest BCUT2D eigenvalue weighted by Crippen LogP contribution is -2.49. The maximum absolute atomic E-state index is 13.8. The van der Waals surface area contributed by atoms with Crippen LogP contribution in [0, 0.1) is 5.82 Å². The van der Waals surface area contributed by atoms with Crippen molar-refractivity contribution in [1.82, 2.24) is 4.90 Å². The van der Waals surface area contributed by atoms with E-state index in [1.807, 2.05) is 27.3 Å². The summed E-state index contributed by atoms with van der Waals surface area (Å²) in [6, 6.07) is 8.79. The first kappa shape index (κ1) is 15.0. The van der Waals surface area contributed by atoms with Crippen LogP contribution >= 0.6 is 11.3 Å². The van der Waals surface area contributed by atoms with Gasteiger partial charge < -0.3 is 9.80 Å². The summed E-state index contributed by atoms with van der Waals surface area (Å²) < 4.78 is 13.8. The Morgan fingerprint density at radius 2 is 1.95 bits per heavy atom. The van der Waals surface area contributed by atoms with E-state index in [1.54, 1.807) is 23.5 Å². The molecule has 0 bridgehead atoms. The second-order valence-corrected chi connectivity index (χ2v) is 6.38. The molecule has 0 radical (unpaired) electrons. The zero-order valence-corrected chi connectivity index (χ0v) is 13.4. The normalized spacial score (nSPS) is 15.2. The van der Waals surface area contributed by atoms with Crippen LogP contribution in [0.25, 0.3) is 0 Å². The van der Waals surface area contributed by atoms with Crippen molar-refractivity contribution >= 4 is 22.9 Å². The van der Waals surface area contributed by atoms with Gasteiger partial charge in [0.15, 0.2) is 0 Å². The molecule has 2 aromatic rings. The number of rotatable bonds is 3. The first-order valence-electron chi connectivity index (χ1n) is 7.55. The first-order valence-corrected chi connectivity index (χ1v) is 8.43. The van der Waals surface area contributed by atoms with Crippen LogP contribution in [0.5, 0.6) is 0 Å². The monoisotopic (exact) mass is 318 g/mol. The number of piperazine rings is 1. The molecule has 0 saturated carbocycles. The number of halogens is 1. The summed E-state index contributed by atoms with van der Waals surface area (Å²) in [7, 11) is 0. The Morgan fingerprint density at radius 1 is 1.23 bits per heavy atom. The summed E-state index contributed by atoms with van der Waals surface area (Å²) in [5.74, 6) is -0.114. The van der Waals surface area contributed by atoms with E-state index in [-0.39, 0.29) is 11.7 Å². The molecule has 0 atom stereocenters. The zero-order chi connectivity index (χ0) is 15.5. The van der Waals surface area contributed by atoms with Crippen molar-refractivity contribution in [1.29, 1.82) is 0 Å². The number of anilines is 1. The molecule has 0 spiro atoms. The number of amides is 1. The highest BCUT2D eigenvalue weighted by Gasteiger charge is 2.24. The number of carbonyl (C=O) groups is 1. The van der Waals surface area contributed by atoms with Gasteiger partial charge >= 0.3 is 0 Å². The highest BCUT2D eigenvalue weighted by molar-refractivity contribution is 7.10. The molecular weight excluding hydrogens is 299 g/mol. The van der Waals surface area contributed by atoms with Crippen LogP contribution in [-0.2, 0) is 6.42 Å². The minimum atomic E-state index is -0.201. The Bertz CT molecular complexity index is 662. The van der Waals surface area contributed by atoms with Gasteiger partial charge in [-0.3, -0.25) is 4.79 Å². The molecule has 116 valence electrons. The second-order valence-electron chi connectivity index (χ2n) is 5.39. The molecule has 1 amide bonds. The van der Waals surface area contributed by atoms with Crippen molar-refractivity contribution in [3.05, 3.63) is 52.0 Å². The van der Waals surface area contributed by atoms with Gasteiger partial charge in [0.05, 0.1) is 11.3 Å². The maximum atomic E-state index is 13.8. The van der Waals surface area contributed by atoms with Gasteiger partial charge in [0.2, 0.25) is 0 Å². The molecule has 3 nitrogen and oxygen atoms in total. The van der Waals surface area contributed by atoms with Crippen LogP contribution in [0.1, 0.15) is 22.2 Å². The Kier molecular flexibility index (Phi) is 4.43. The Morgan fingerprint density at radius 3 is 2.59 bits per heavy atom. The molecule has 1 aliphatic rings. The van der Waals surface area contributed by atoms with Crippen molar-refractivity contribution in [2.45, 2.75) is 13.3 Å². The average molecular weight is 318 g/mol. The Hall–Kier alpha value is -1.88. The Labute approximate surface area is 134 Å². The van der Waals surface area contributed by atoms with Crippen LogP contribution < -0.4 is 4.90 Å². The second kappa shape index (κ2) is 6.48. The van der Waals surface area contributed by atoms with Crippen LogP contribution in [-0.4, -0.2) is 37.0 Å². The number of para-hydroxylation sites is 1. The predicted octanol–water partition coefficient (Wildman–Crippen LogP) is 3.41. The highest BCUT2D eigenvalue weighted by atomic mass is 32.1. The molecule has 0 aliphatic carbocycles. The lowest BCUT2D eigenvalue weighted by atomic mass is 10.2. The number of benzene rings is 1. The molecule has 5 heteroatoms. The molecule has 3 rings (SSSR count). The highest BCUT2D eigenvalue weighted by Crippen LogP contribution is 2.22. The van der Waals surface area contributed by atoms with Gasteiger partial charge in [-0.2, -0.15) is 0 Å². The molecular formula is C17H19FN2OS. The third-order valence-electron chi connectivity index (χ3n) is 4.01. The lowest BCUT2D eigenvalue weighted by Gasteiger charge is -2.36. The number of nitrogens with zero attached hydrogens (tertiary/aromatic N) is 2. The van der Waals surface area contributed by atoms with Gasteiger partial charge in [0.1, 0.15) is 5.82 Å². The van der Waals surface area contributed by atoms with Crippen LogP contribution in [0.2, 0.25) is 0 Å². The molecule has 2 heterocycles. The summed E-state index contributed by atoms with van der Waals surface area (Å²) in [5.41, 5.74) is 1.40. The van der Waals surface area contributed by atoms with E-state index in [4.69, 9.17) is 0 Å². The third kappa shape index (κ3) is 2.99. The molecule has 1 saturated heterocycles. The van der Waals surface area contributed by atoms with E-state index < -0.39 is 0 Å². The molecule has 0 N–H and O–H groups in total. The van der Waals surface area contributed by atoms with Crippen LogP contribution in [0.3, 0.4) is 0 Å². The van der Waals surface area contributed by atoms with E-state index in [1.165, 1.54) is 10.9 Å². The SMILES string of the molecule is CCc1cc(C(=O)N2CCN(c3ccccc3F)CC2)cs1. The molecule has 1 aromatic heterocycles. The number of thiophene rings is 1. The zero-order valence-electron chi connectivity index (χ0n) is 12.6. The van der Waals surface area contributed by atoms with E-state index in [0.717, 1.165) is 12.0 Å². The standard InChI is InChI=1S/C17H19FN2OS/c1-2-14-11-13(12-22-14)17(21)20-9-7-19(8-10-20)16-6-4-3-5-15(16)18/h3-6,11-12H,2,7-10H2,1H3. The van der Waals surface area contributed by atoms with E-state index in [2.05, 4.69) is 6.92 Å². The molecule has 1 aromatic carbocycles. The molecule has 1 fully saturated rings. The fraction of sp³-hybridized carbons (Fsp3) is 0.353. The molecule has 1 aliphatic heterocycles. The third-order valence-corrected chi connectivity index (χ3v) is 5.09. The van der Waals surface area contributed by atoms with Crippen molar-refractivity contribution in [2.24, 2.45) is 0 Å². The fourth-order valence-electron chi connectivity index (χ4n) is 2.72. The Balaban J connectivity index is 1.64. The average Bonchev–Trinajstić information content (AvgIpc) is 3.04. The van der Waals surface area contributed by atoms with Crippen LogP contribution in [0.15, 0.2) is 35.7 Å². The summed E-state index contributed by atoms with van der Waals surface area (Å²) in [5, 5.41) is 1.93. The van der Waals surface area contributed by atoms with Gasteiger partial charge in [-0.25, -0.2) is 4.39 Å². The van der Waals surface area contributed by atoms with Crippen molar-refractivity contribution in [3.63, 3.8) is 0 Å². The summed E-state index contributed by atoms with van der Waals surface area (Å²) in [4.78, 5) is 17.6. The topological polar surface area (TPSA) is 23.6 Å². The minimum Gasteiger partial charge on any atom is -0.366 e. The maximum Gasteiger partial charge on any atom is 0.254 e. The van der Waals surface area contributed by atoms with Gasteiger partial charge in [-0.15, -0.1) is 11.3 Å². The van der Waals surface area contributed by atoms with Gasteiger partial charge in [-0.1, -0.05) is 19.1 Å². The van der Waals surface area contributed by atoms with Crippen LogP contribution in [0.4, 0.5) is 10.1 Å². The number of aryl methyl sites for hydroxylation is 1. The van der Waals surface area contributed by atoms with Crippen molar-refractivity contribution in [2.75, 3.05) is 31.1 Å². The quantitative estimate of drug-likeness (QED) is 0.866. The minimum absolute atomic E-state index is 0.0872. The van der Waals surface area contributed by atoms with Gasteiger partial charge in [0.25, 0.3) is 5.91 Å². The van der Waals surface area contributed by atoms with E-state index >= 15 is 0 Å². The molecule has 22 heavy (non-hydrogen) atoms. The van der Waals surface area contributed by atoms with Gasteiger partial charge in [-0.05, 0) is 24.6 Å². The fourth-order valence-corrected chi connectivity index (χ4v) is 3.53. The predicted molar refractivity (Wildman–Crippen MR) is 88.2 cm³/mol. The van der Waals surface area contributed by atoms with E-state index in [0.29, 0.717) is 31.9 Å². The number of carbonyl (C=O) groups excluding carboxylic acids is 1. The van der Waals surface area contributed by atoms with Gasteiger partial charge in [0, 0.05) is 36.4 Å². The smallest absolute Gasteiger partial charge is 0.254 e. The summed E-state index contributed by atoms with van der Waals surface area (Å²) >= 11 is 1.63. The van der Waals surface area contributed by atoms with Crippen molar-refractivity contribution < 1.29 is 9.18 Å². The number of hydrogen-bond acceptors (Lipinski definition) is 3. The first-order chi connectivity index (χ1) is 10.7. The largest absolute Gasteiger partial charge is 0.366 e. The van der Waals surface area contributed by atoms with Crippen molar-refractivity contribution in [3.8, 4) is 0 Å².